The summed E-state index contributed by atoms with van der Waals surface area (Å²) in [5.41, 5.74) is 1.22. The first-order valence-corrected chi connectivity index (χ1v) is 5.88. The van der Waals surface area contributed by atoms with Gasteiger partial charge in [-0.3, -0.25) is 4.79 Å². The molecule has 92 valence electrons. The summed E-state index contributed by atoms with van der Waals surface area (Å²) in [7, 11) is 0. The molecule has 1 fully saturated rings. The molecule has 0 bridgehead atoms. The van der Waals surface area contributed by atoms with Crippen molar-refractivity contribution >= 4 is 11.7 Å². The molecule has 0 spiro atoms. The van der Waals surface area contributed by atoms with Gasteiger partial charge in [-0.1, -0.05) is 30.3 Å². The number of ketones is 1. The summed E-state index contributed by atoms with van der Waals surface area (Å²) in [5, 5.41) is 0. The van der Waals surface area contributed by atoms with E-state index in [4.69, 9.17) is 0 Å². The van der Waals surface area contributed by atoms with Crippen molar-refractivity contribution in [1.29, 1.82) is 0 Å². The first-order valence-electron chi connectivity index (χ1n) is 5.88. The summed E-state index contributed by atoms with van der Waals surface area (Å²) in [6.45, 7) is 4.76. The zero-order valence-corrected chi connectivity index (χ0v) is 10.5. The standard InChI is InChI=1S/C11H13NO.C3H6O/c13-11-7-4-8-12(11)9-10-5-2-1-3-6-10;1-3(2)4/h1-3,5-6H,4,7-9H2;1-2H3. The van der Waals surface area contributed by atoms with Crippen LogP contribution in [0.3, 0.4) is 0 Å². The summed E-state index contributed by atoms with van der Waals surface area (Å²) in [5.74, 6) is 0.462. The number of likely N-dealkylation sites (tertiary alicyclic amines) is 1. The lowest BCUT2D eigenvalue weighted by molar-refractivity contribution is -0.128. The van der Waals surface area contributed by atoms with Gasteiger partial charge in [0.25, 0.3) is 0 Å². The van der Waals surface area contributed by atoms with E-state index in [1.165, 1.54) is 19.4 Å². The Kier molecular flexibility index (Phi) is 5.40. The SMILES string of the molecule is CC(C)=O.O=C1CCCN1Cc1ccccc1. The molecule has 1 aliphatic rings. The fourth-order valence-corrected chi connectivity index (χ4v) is 1.67. The van der Waals surface area contributed by atoms with Gasteiger partial charge in [-0.05, 0) is 25.8 Å². The predicted molar refractivity (Wildman–Crippen MR) is 67.4 cm³/mol. The van der Waals surface area contributed by atoms with Crippen molar-refractivity contribution in [2.75, 3.05) is 6.54 Å². The van der Waals surface area contributed by atoms with Gasteiger partial charge in [0.1, 0.15) is 5.78 Å². The fourth-order valence-electron chi connectivity index (χ4n) is 1.67. The normalized spacial score (nSPS) is 14.2. The van der Waals surface area contributed by atoms with Crippen molar-refractivity contribution < 1.29 is 9.59 Å². The molecule has 0 unspecified atom stereocenters. The summed E-state index contributed by atoms with van der Waals surface area (Å²) in [4.78, 5) is 22.7. The molecule has 0 radical (unpaired) electrons. The van der Waals surface area contributed by atoms with E-state index in [1.807, 2.05) is 23.1 Å². The van der Waals surface area contributed by atoms with Crippen LogP contribution < -0.4 is 0 Å². The Morgan fingerprint density at radius 2 is 1.82 bits per heavy atom. The third-order valence-corrected chi connectivity index (χ3v) is 2.39. The van der Waals surface area contributed by atoms with E-state index in [1.54, 1.807) is 0 Å². The molecule has 2 rings (SSSR count). The number of carbonyl (C=O) groups is 2. The summed E-state index contributed by atoms with van der Waals surface area (Å²) < 4.78 is 0. The van der Waals surface area contributed by atoms with E-state index < -0.39 is 0 Å². The van der Waals surface area contributed by atoms with Crippen LogP contribution in [0, 0.1) is 0 Å². The number of hydrogen-bond donors (Lipinski definition) is 0. The third-order valence-electron chi connectivity index (χ3n) is 2.39. The molecule has 1 heterocycles. The largest absolute Gasteiger partial charge is 0.338 e. The Hall–Kier alpha value is -1.64. The molecule has 0 saturated carbocycles. The minimum Gasteiger partial charge on any atom is -0.338 e. The van der Waals surface area contributed by atoms with Crippen LogP contribution in [0.1, 0.15) is 32.3 Å². The van der Waals surface area contributed by atoms with Crippen LogP contribution in [0.5, 0.6) is 0 Å². The van der Waals surface area contributed by atoms with Gasteiger partial charge in [0.2, 0.25) is 5.91 Å². The van der Waals surface area contributed by atoms with Crippen molar-refractivity contribution in [3.8, 4) is 0 Å². The maximum absolute atomic E-state index is 11.3. The highest BCUT2D eigenvalue weighted by Gasteiger charge is 2.19. The van der Waals surface area contributed by atoms with Gasteiger partial charge >= 0.3 is 0 Å². The second-order valence-electron chi connectivity index (χ2n) is 4.31. The van der Waals surface area contributed by atoms with Crippen molar-refractivity contribution in [3.05, 3.63) is 35.9 Å². The zero-order valence-electron chi connectivity index (χ0n) is 10.5. The number of benzene rings is 1. The van der Waals surface area contributed by atoms with Crippen molar-refractivity contribution in [1.82, 2.24) is 4.90 Å². The fraction of sp³-hybridized carbons (Fsp3) is 0.429. The molecule has 17 heavy (non-hydrogen) atoms. The Bertz CT molecular complexity index is 369. The Morgan fingerprint density at radius 3 is 2.29 bits per heavy atom. The van der Waals surface area contributed by atoms with Crippen molar-refractivity contribution in [2.45, 2.75) is 33.2 Å². The number of carbonyl (C=O) groups excluding carboxylic acids is 2. The van der Waals surface area contributed by atoms with E-state index in [9.17, 15) is 9.59 Å². The number of Topliss-reactive ketones (excluding diaryl/α,β-unsaturated/α-hetero) is 1. The molecule has 0 aliphatic carbocycles. The third kappa shape index (κ3) is 5.29. The second-order valence-corrected chi connectivity index (χ2v) is 4.31. The quantitative estimate of drug-likeness (QED) is 0.786. The zero-order chi connectivity index (χ0) is 12.7. The Balaban J connectivity index is 0.000000317. The summed E-state index contributed by atoms with van der Waals surface area (Å²) in [6, 6.07) is 10.1. The van der Waals surface area contributed by atoms with Gasteiger partial charge in [-0.15, -0.1) is 0 Å². The molecule has 1 aromatic rings. The topological polar surface area (TPSA) is 37.4 Å². The predicted octanol–water partition coefficient (Wildman–Crippen LogP) is 2.40. The molecule has 0 aromatic heterocycles. The molecule has 3 nitrogen and oxygen atoms in total. The lowest BCUT2D eigenvalue weighted by Crippen LogP contribution is -2.23. The highest BCUT2D eigenvalue weighted by molar-refractivity contribution is 5.78. The molecule has 1 aromatic carbocycles. The van der Waals surface area contributed by atoms with Gasteiger partial charge in [-0.2, -0.15) is 0 Å². The van der Waals surface area contributed by atoms with Crippen LogP contribution in [0.2, 0.25) is 0 Å². The van der Waals surface area contributed by atoms with Crippen LogP contribution in [-0.4, -0.2) is 23.1 Å². The van der Waals surface area contributed by atoms with Crippen LogP contribution >= 0.6 is 0 Å². The lowest BCUT2D eigenvalue weighted by Gasteiger charge is -2.14. The number of nitrogens with zero attached hydrogens (tertiary/aromatic N) is 1. The highest BCUT2D eigenvalue weighted by atomic mass is 16.2. The van der Waals surface area contributed by atoms with Gasteiger partial charge < -0.3 is 9.69 Å². The minimum atomic E-state index is 0.167. The molecule has 0 atom stereocenters. The van der Waals surface area contributed by atoms with E-state index in [-0.39, 0.29) is 5.78 Å². The van der Waals surface area contributed by atoms with Crippen molar-refractivity contribution in [2.24, 2.45) is 0 Å². The molecule has 3 heteroatoms. The first kappa shape index (κ1) is 13.4. The lowest BCUT2D eigenvalue weighted by atomic mass is 10.2. The summed E-state index contributed by atoms with van der Waals surface area (Å²) >= 11 is 0. The van der Waals surface area contributed by atoms with Gasteiger partial charge in [0, 0.05) is 19.5 Å². The van der Waals surface area contributed by atoms with E-state index in [0.29, 0.717) is 5.91 Å². The van der Waals surface area contributed by atoms with Crippen LogP contribution in [0.15, 0.2) is 30.3 Å². The minimum absolute atomic E-state index is 0.167. The second kappa shape index (κ2) is 6.84. The van der Waals surface area contributed by atoms with E-state index >= 15 is 0 Å². The van der Waals surface area contributed by atoms with Gasteiger partial charge in [-0.25, -0.2) is 0 Å². The van der Waals surface area contributed by atoms with Gasteiger partial charge in [0.05, 0.1) is 0 Å². The molecular formula is C14H19NO2. The van der Waals surface area contributed by atoms with Crippen LogP contribution in [-0.2, 0) is 16.1 Å². The van der Waals surface area contributed by atoms with Gasteiger partial charge in [0.15, 0.2) is 0 Å². The monoisotopic (exact) mass is 233 g/mol. The summed E-state index contributed by atoms with van der Waals surface area (Å²) in [6.07, 6.45) is 1.75. The highest BCUT2D eigenvalue weighted by Crippen LogP contribution is 2.13. The van der Waals surface area contributed by atoms with Crippen LogP contribution in [0.25, 0.3) is 0 Å². The molecule has 1 saturated heterocycles. The smallest absolute Gasteiger partial charge is 0.222 e. The Morgan fingerprint density at radius 1 is 1.24 bits per heavy atom. The molecular weight excluding hydrogens is 214 g/mol. The van der Waals surface area contributed by atoms with E-state index in [2.05, 4.69) is 12.1 Å². The average Bonchev–Trinajstić information content (AvgIpc) is 2.65. The maximum atomic E-state index is 11.3. The number of hydrogen-bond acceptors (Lipinski definition) is 2. The molecule has 1 amide bonds. The van der Waals surface area contributed by atoms with Crippen LogP contribution in [0.4, 0.5) is 0 Å². The molecule has 0 N–H and O–H groups in total. The maximum Gasteiger partial charge on any atom is 0.222 e. The number of rotatable bonds is 2. The average molecular weight is 233 g/mol. The van der Waals surface area contributed by atoms with E-state index in [0.717, 1.165) is 25.9 Å². The van der Waals surface area contributed by atoms with Crippen molar-refractivity contribution in [3.63, 3.8) is 0 Å². The number of amides is 1. The molecule has 1 aliphatic heterocycles. The first-order chi connectivity index (χ1) is 8.09. The Labute approximate surface area is 102 Å².